The smallest absolute Gasteiger partial charge is 0.264 e. The molecule has 35 heavy (non-hydrogen) atoms. The lowest BCUT2D eigenvalue weighted by atomic mass is 10.0. The summed E-state index contributed by atoms with van der Waals surface area (Å²) >= 11 is 1.41. The Morgan fingerprint density at radius 1 is 1.14 bits per heavy atom. The van der Waals surface area contributed by atoms with E-state index in [4.69, 9.17) is 9.47 Å². The van der Waals surface area contributed by atoms with Gasteiger partial charge in [-0.25, -0.2) is 4.98 Å². The number of piperazine rings is 1. The number of ether oxygens (including phenoxy) is 2. The van der Waals surface area contributed by atoms with Crippen LogP contribution in [0.4, 0.5) is 5.13 Å². The first-order chi connectivity index (χ1) is 17.0. The third kappa shape index (κ3) is 6.17. The highest BCUT2D eigenvalue weighted by Gasteiger charge is 2.17. The second-order valence-corrected chi connectivity index (χ2v) is 9.39. The molecule has 9 heteroatoms. The lowest BCUT2D eigenvalue weighted by molar-refractivity contribution is -0.118. The lowest BCUT2D eigenvalue weighted by Gasteiger charge is -2.31. The Labute approximate surface area is 209 Å². The van der Waals surface area contributed by atoms with Gasteiger partial charge in [-0.15, -0.1) is 0 Å². The van der Waals surface area contributed by atoms with Gasteiger partial charge in [0.25, 0.3) is 5.91 Å². The molecule has 8 nitrogen and oxygen atoms in total. The molecule has 1 aromatic heterocycles. The molecule has 4 rings (SSSR count). The van der Waals surface area contributed by atoms with E-state index in [9.17, 15) is 9.59 Å². The van der Waals surface area contributed by atoms with E-state index in [0.29, 0.717) is 28.6 Å². The first-order valence-electron chi connectivity index (χ1n) is 11.6. The van der Waals surface area contributed by atoms with Gasteiger partial charge in [0.15, 0.2) is 17.5 Å². The van der Waals surface area contributed by atoms with Crippen LogP contribution in [0.2, 0.25) is 0 Å². The van der Waals surface area contributed by atoms with E-state index >= 15 is 0 Å². The van der Waals surface area contributed by atoms with Crippen LogP contribution in [0.15, 0.2) is 48.7 Å². The highest BCUT2D eigenvalue weighted by atomic mass is 32.1. The zero-order valence-electron chi connectivity index (χ0n) is 20.2. The number of benzene rings is 2. The summed E-state index contributed by atoms with van der Waals surface area (Å²) in [6, 6.07) is 11.2. The standard InChI is InChI=1S/C26H30N4O4S/c1-4-18-15-19(21(31)9-10-30-13-11-29(2)12-14-30)23(33-3)16-22(18)34-17-25(32)28-26-27-20-7-5-6-8-24(20)35-26/h5-10,15-16H,4,11-14,17H2,1-3H3,(H,27,28,32). The minimum absolute atomic E-state index is 0.129. The summed E-state index contributed by atoms with van der Waals surface area (Å²) in [6.45, 7) is 5.53. The first-order valence-corrected chi connectivity index (χ1v) is 12.4. The normalized spacial score (nSPS) is 14.4. The molecule has 1 aliphatic rings. The van der Waals surface area contributed by atoms with E-state index in [2.05, 4.69) is 27.1 Å². The van der Waals surface area contributed by atoms with E-state index in [-0.39, 0.29) is 18.3 Å². The van der Waals surface area contributed by atoms with Crippen LogP contribution >= 0.6 is 11.3 Å². The summed E-state index contributed by atoms with van der Waals surface area (Å²) in [7, 11) is 3.61. The van der Waals surface area contributed by atoms with Crippen LogP contribution in [-0.2, 0) is 11.2 Å². The molecule has 0 saturated carbocycles. The fourth-order valence-corrected chi connectivity index (χ4v) is 4.72. The molecule has 1 N–H and O–H groups in total. The number of thiazole rings is 1. The van der Waals surface area contributed by atoms with Crippen molar-refractivity contribution in [2.45, 2.75) is 13.3 Å². The summed E-state index contributed by atoms with van der Waals surface area (Å²) in [6.07, 6.45) is 4.09. The van der Waals surface area contributed by atoms with Gasteiger partial charge in [0.1, 0.15) is 11.5 Å². The molecule has 0 bridgehead atoms. The van der Waals surface area contributed by atoms with Crippen LogP contribution in [0.25, 0.3) is 10.2 Å². The fourth-order valence-electron chi connectivity index (χ4n) is 3.84. The molecule has 1 saturated heterocycles. The average molecular weight is 495 g/mol. The maximum atomic E-state index is 12.9. The molecule has 1 amide bonds. The van der Waals surface area contributed by atoms with Gasteiger partial charge in [-0.1, -0.05) is 30.4 Å². The number of anilines is 1. The predicted octanol–water partition coefficient (Wildman–Crippen LogP) is 3.83. The maximum absolute atomic E-state index is 12.9. The van der Waals surface area contributed by atoms with Crippen molar-refractivity contribution in [1.29, 1.82) is 0 Å². The second-order valence-electron chi connectivity index (χ2n) is 8.36. The van der Waals surface area contributed by atoms with Crippen molar-refractivity contribution in [3.63, 3.8) is 0 Å². The number of nitrogens with zero attached hydrogens (tertiary/aromatic N) is 3. The van der Waals surface area contributed by atoms with Crippen LogP contribution in [-0.4, -0.2) is 73.4 Å². The third-order valence-corrected chi connectivity index (χ3v) is 6.85. The molecule has 0 aliphatic carbocycles. The molecule has 2 aromatic carbocycles. The number of para-hydroxylation sites is 1. The van der Waals surface area contributed by atoms with E-state index < -0.39 is 0 Å². The fraction of sp³-hybridized carbons (Fsp3) is 0.346. The number of amides is 1. The molecule has 0 unspecified atom stereocenters. The minimum atomic E-state index is -0.305. The number of carbonyl (C=O) groups excluding carboxylic acids is 2. The lowest BCUT2D eigenvalue weighted by Crippen LogP contribution is -2.41. The van der Waals surface area contributed by atoms with Gasteiger partial charge in [-0.05, 0) is 37.2 Å². The summed E-state index contributed by atoms with van der Waals surface area (Å²) in [5.74, 6) is 0.496. The molecular weight excluding hydrogens is 464 g/mol. The highest BCUT2D eigenvalue weighted by molar-refractivity contribution is 7.22. The summed E-state index contributed by atoms with van der Waals surface area (Å²) < 4.78 is 12.3. The van der Waals surface area contributed by atoms with Gasteiger partial charge >= 0.3 is 0 Å². The summed E-state index contributed by atoms with van der Waals surface area (Å²) in [4.78, 5) is 34.2. The Balaban J connectivity index is 1.42. The highest BCUT2D eigenvalue weighted by Crippen LogP contribution is 2.31. The van der Waals surface area contributed by atoms with Crippen molar-refractivity contribution < 1.29 is 19.1 Å². The number of aryl methyl sites for hydroxylation is 1. The van der Waals surface area contributed by atoms with Gasteiger partial charge in [0.05, 0.1) is 22.9 Å². The van der Waals surface area contributed by atoms with Gasteiger partial charge in [-0.3, -0.25) is 14.9 Å². The Morgan fingerprint density at radius 2 is 1.91 bits per heavy atom. The summed E-state index contributed by atoms with van der Waals surface area (Å²) in [5.41, 5.74) is 2.14. The summed E-state index contributed by atoms with van der Waals surface area (Å²) in [5, 5.41) is 3.32. The van der Waals surface area contributed by atoms with Crippen LogP contribution in [0.1, 0.15) is 22.8 Å². The SMILES string of the molecule is CCc1cc(C(=O)C=CN2CCN(C)CC2)c(OC)cc1OCC(=O)Nc1nc2ccccc2s1. The first kappa shape index (κ1) is 24.7. The molecule has 3 aromatic rings. The largest absolute Gasteiger partial charge is 0.496 e. The van der Waals surface area contributed by atoms with Crippen molar-refractivity contribution >= 4 is 38.4 Å². The molecule has 184 valence electrons. The van der Waals surface area contributed by atoms with Crippen LogP contribution in [0.3, 0.4) is 0 Å². The Kier molecular flexibility index (Phi) is 7.99. The predicted molar refractivity (Wildman–Crippen MR) is 139 cm³/mol. The topological polar surface area (TPSA) is 84.0 Å². The van der Waals surface area contributed by atoms with Crippen molar-refractivity contribution in [3.8, 4) is 11.5 Å². The van der Waals surface area contributed by atoms with Crippen molar-refractivity contribution in [3.05, 3.63) is 59.8 Å². The van der Waals surface area contributed by atoms with Gasteiger partial charge in [0.2, 0.25) is 0 Å². The molecule has 2 heterocycles. The zero-order valence-corrected chi connectivity index (χ0v) is 21.1. The van der Waals surface area contributed by atoms with Gasteiger partial charge in [0, 0.05) is 44.5 Å². The Morgan fingerprint density at radius 3 is 2.63 bits per heavy atom. The Bertz CT molecular complexity index is 1200. The number of carbonyl (C=O) groups is 2. The number of rotatable bonds is 9. The quantitative estimate of drug-likeness (QED) is 0.358. The number of hydrogen-bond acceptors (Lipinski definition) is 8. The zero-order chi connectivity index (χ0) is 24.8. The number of ketones is 1. The monoisotopic (exact) mass is 494 g/mol. The van der Waals surface area contributed by atoms with E-state index in [1.165, 1.54) is 18.4 Å². The van der Waals surface area contributed by atoms with Crippen molar-refractivity contribution in [1.82, 2.24) is 14.8 Å². The minimum Gasteiger partial charge on any atom is -0.496 e. The second kappa shape index (κ2) is 11.3. The number of fused-ring (bicyclic) bond motifs is 1. The maximum Gasteiger partial charge on any atom is 0.264 e. The molecule has 1 aliphatic heterocycles. The number of nitrogens with one attached hydrogen (secondary N) is 1. The van der Waals surface area contributed by atoms with Crippen molar-refractivity contribution in [2.75, 3.05) is 52.3 Å². The molecule has 0 radical (unpaired) electrons. The molecule has 1 fully saturated rings. The molecule has 0 atom stereocenters. The van der Waals surface area contributed by atoms with Crippen LogP contribution in [0, 0.1) is 0 Å². The Hall–Kier alpha value is -3.43. The third-order valence-electron chi connectivity index (χ3n) is 5.90. The number of allylic oxidation sites excluding steroid dienone is 1. The van der Waals surface area contributed by atoms with Gasteiger partial charge in [-0.2, -0.15) is 0 Å². The molecule has 0 spiro atoms. The number of aromatic nitrogens is 1. The van der Waals surface area contributed by atoms with E-state index in [0.717, 1.165) is 42.0 Å². The number of methoxy groups -OCH3 is 1. The number of likely N-dealkylation sites (N-methyl/N-ethyl adjacent to an activating group) is 1. The van der Waals surface area contributed by atoms with Crippen molar-refractivity contribution in [2.24, 2.45) is 0 Å². The molecular formula is C26H30N4O4S. The van der Waals surface area contributed by atoms with Crippen LogP contribution in [0.5, 0.6) is 11.5 Å². The average Bonchev–Trinajstić information content (AvgIpc) is 3.28. The van der Waals surface area contributed by atoms with Crippen LogP contribution < -0.4 is 14.8 Å². The van der Waals surface area contributed by atoms with Gasteiger partial charge < -0.3 is 19.3 Å². The van der Waals surface area contributed by atoms with E-state index in [1.807, 2.05) is 37.4 Å². The van der Waals surface area contributed by atoms with E-state index in [1.54, 1.807) is 18.2 Å². The number of hydrogen-bond donors (Lipinski definition) is 1.